The maximum atomic E-state index is 13.5. The van der Waals surface area contributed by atoms with Crippen LogP contribution in [0.15, 0.2) is 42.0 Å². The van der Waals surface area contributed by atoms with Crippen LogP contribution in [0.25, 0.3) is 0 Å². The summed E-state index contributed by atoms with van der Waals surface area (Å²) < 4.78 is 32.1. The van der Waals surface area contributed by atoms with Gasteiger partial charge in [-0.1, -0.05) is 29.9 Å². The van der Waals surface area contributed by atoms with Gasteiger partial charge in [0.2, 0.25) is 0 Å². The van der Waals surface area contributed by atoms with Gasteiger partial charge in [0.15, 0.2) is 0 Å². The number of hydrogen-bond donors (Lipinski definition) is 0. The minimum absolute atomic E-state index is 0.00448. The van der Waals surface area contributed by atoms with E-state index in [2.05, 4.69) is 0 Å². The molecule has 0 radical (unpaired) electrons. The van der Waals surface area contributed by atoms with E-state index < -0.39 is 11.6 Å². The summed E-state index contributed by atoms with van der Waals surface area (Å²) in [5.74, 6) is -0.983. The minimum atomic E-state index is -0.491. The average Bonchev–Trinajstić information content (AvgIpc) is 2.34. The highest BCUT2D eigenvalue weighted by molar-refractivity contribution is 5.29. The Hall–Kier alpha value is -1.48. The zero-order valence-electron chi connectivity index (χ0n) is 9.62. The zero-order chi connectivity index (χ0) is 12.3. The Labute approximate surface area is 99.4 Å². The standard InChI is InChI=1S/C14H14F2O/c1-17-11-5-2-4-10(8-11)9-12-13(15)6-3-7-14(12)16/h2-7,11H,8-9H2,1H3. The van der Waals surface area contributed by atoms with Crippen LogP contribution in [0.5, 0.6) is 0 Å². The Morgan fingerprint density at radius 2 is 2.00 bits per heavy atom. The van der Waals surface area contributed by atoms with Crippen LogP contribution >= 0.6 is 0 Å². The van der Waals surface area contributed by atoms with E-state index in [1.165, 1.54) is 18.2 Å². The molecule has 0 aliphatic heterocycles. The Kier molecular flexibility index (Phi) is 3.69. The molecule has 1 aliphatic rings. The molecule has 1 aromatic carbocycles. The second kappa shape index (κ2) is 5.23. The predicted octanol–water partition coefficient (Wildman–Crippen LogP) is 3.41. The maximum absolute atomic E-state index is 13.5. The van der Waals surface area contributed by atoms with Gasteiger partial charge in [-0.15, -0.1) is 0 Å². The van der Waals surface area contributed by atoms with Gasteiger partial charge >= 0.3 is 0 Å². The maximum Gasteiger partial charge on any atom is 0.129 e. The highest BCUT2D eigenvalue weighted by atomic mass is 19.1. The lowest BCUT2D eigenvalue weighted by atomic mass is 9.95. The molecule has 1 aliphatic carbocycles. The van der Waals surface area contributed by atoms with E-state index >= 15 is 0 Å². The molecule has 0 saturated carbocycles. The predicted molar refractivity (Wildman–Crippen MR) is 62.7 cm³/mol. The summed E-state index contributed by atoms with van der Waals surface area (Å²) in [4.78, 5) is 0. The van der Waals surface area contributed by atoms with Gasteiger partial charge in [0.05, 0.1) is 6.10 Å². The molecule has 0 amide bonds. The molecule has 1 atom stereocenters. The molecule has 0 bridgehead atoms. The van der Waals surface area contributed by atoms with Crippen molar-refractivity contribution >= 4 is 0 Å². The first-order valence-electron chi connectivity index (χ1n) is 5.52. The van der Waals surface area contributed by atoms with E-state index in [1.807, 2.05) is 18.2 Å². The van der Waals surface area contributed by atoms with Crippen LogP contribution in [0, 0.1) is 11.6 Å². The van der Waals surface area contributed by atoms with Crippen molar-refractivity contribution in [3.8, 4) is 0 Å². The molecule has 0 N–H and O–H groups in total. The monoisotopic (exact) mass is 236 g/mol. The van der Waals surface area contributed by atoms with Crippen molar-refractivity contribution in [1.29, 1.82) is 0 Å². The van der Waals surface area contributed by atoms with Crippen LogP contribution in [-0.4, -0.2) is 13.2 Å². The molecular weight excluding hydrogens is 222 g/mol. The van der Waals surface area contributed by atoms with Crippen LogP contribution in [-0.2, 0) is 11.2 Å². The highest BCUT2D eigenvalue weighted by Crippen LogP contribution is 2.22. The zero-order valence-corrected chi connectivity index (χ0v) is 9.62. The van der Waals surface area contributed by atoms with Crippen molar-refractivity contribution in [2.24, 2.45) is 0 Å². The topological polar surface area (TPSA) is 9.23 Å². The summed E-state index contributed by atoms with van der Waals surface area (Å²) >= 11 is 0. The number of benzene rings is 1. The Morgan fingerprint density at radius 1 is 1.29 bits per heavy atom. The molecule has 90 valence electrons. The van der Waals surface area contributed by atoms with E-state index in [0.717, 1.165) is 5.57 Å². The first-order valence-corrected chi connectivity index (χ1v) is 5.52. The van der Waals surface area contributed by atoms with E-state index in [1.54, 1.807) is 7.11 Å². The van der Waals surface area contributed by atoms with Crippen LogP contribution in [0.3, 0.4) is 0 Å². The lowest BCUT2D eigenvalue weighted by molar-refractivity contribution is 0.139. The fraction of sp³-hybridized carbons (Fsp3) is 0.286. The SMILES string of the molecule is COC1C=CC=C(Cc2c(F)cccc2F)C1. The second-order valence-electron chi connectivity index (χ2n) is 4.07. The summed E-state index contributed by atoms with van der Waals surface area (Å²) in [6.45, 7) is 0. The van der Waals surface area contributed by atoms with Crippen LogP contribution in [0.2, 0.25) is 0 Å². The molecule has 0 saturated heterocycles. The molecule has 1 unspecified atom stereocenters. The van der Waals surface area contributed by atoms with Gasteiger partial charge in [-0.2, -0.15) is 0 Å². The fourth-order valence-corrected chi connectivity index (χ4v) is 1.93. The Balaban J connectivity index is 2.16. The number of ether oxygens (including phenoxy) is 1. The van der Waals surface area contributed by atoms with Crippen molar-refractivity contribution in [1.82, 2.24) is 0 Å². The quantitative estimate of drug-likeness (QED) is 0.781. The molecule has 0 spiro atoms. The molecule has 0 heterocycles. The average molecular weight is 236 g/mol. The van der Waals surface area contributed by atoms with Gasteiger partial charge in [-0.05, 0) is 25.0 Å². The van der Waals surface area contributed by atoms with Crippen molar-refractivity contribution in [3.63, 3.8) is 0 Å². The smallest absolute Gasteiger partial charge is 0.129 e. The summed E-state index contributed by atoms with van der Waals surface area (Å²) in [6, 6.07) is 3.94. The van der Waals surface area contributed by atoms with Gasteiger partial charge < -0.3 is 4.74 Å². The number of rotatable bonds is 3. The summed E-state index contributed by atoms with van der Waals surface area (Å²) in [5.41, 5.74) is 1.10. The molecule has 3 heteroatoms. The summed E-state index contributed by atoms with van der Waals surface area (Å²) in [7, 11) is 1.63. The Morgan fingerprint density at radius 3 is 2.65 bits per heavy atom. The molecule has 0 fully saturated rings. The molecule has 1 nitrogen and oxygen atoms in total. The van der Waals surface area contributed by atoms with E-state index in [9.17, 15) is 8.78 Å². The highest BCUT2D eigenvalue weighted by Gasteiger charge is 2.15. The van der Waals surface area contributed by atoms with Gasteiger partial charge in [0, 0.05) is 12.7 Å². The molecule has 17 heavy (non-hydrogen) atoms. The van der Waals surface area contributed by atoms with Gasteiger partial charge in [0.1, 0.15) is 11.6 Å². The van der Waals surface area contributed by atoms with Crippen molar-refractivity contribution in [3.05, 3.63) is 59.2 Å². The van der Waals surface area contributed by atoms with E-state index in [0.29, 0.717) is 12.8 Å². The van der Waals surface area contributed by atoms with Gasteiger partial charge in [-0.25, -0.2) is 8.78 Å². The fourth-order valence-electron chi connectivity index (χ4n) is 1.93. The summed E-state index contributed by atoms with van der Waals surface area (Å²) in [5, 5.41) is 0. The van der Waals surface area contributed by atoms with E-state index in [4.69, 9.17) is 4.74 Å². The number of methoxy groups -OCH3 is 1. The molecule has 0 aromatic heterocycles. The number of allylic oxidation sites excluding steroid dienone is 2. The first-order chi connectivity index (χ1) is 8.20. The Bertz CT molecular complexity index is 443. The van der Waals surface area contributed by atoms with Crippen LogP contribution < -0.4 is 0 Å². The third-order valence-electron chi connectivity index (χ3n) is 2.89. The molecule has 1 aromatic rings. The normalized spacial score (nSPS) is 19.2. The molecule has 2 rings (SSSR count). The first kappa shape index (κ1) is 12.0. The third-order valence-corrected chi connectivity index (χ3v) is 2.89. The van der Waals surface area contributed by atoms with Crippen molar-refractivity contribution in [2.75, 3.05) is 7.11 Å². The number of halogens is 2. The van der Waals surface area contributed by atoms with Crippen LogP contribution in [0.4, 0.5) is 8.78 Å². The minimum Gasteiger partial charge on any atom is -0.377 e. The van der Waals surface area contributed by atoms with Gasteiger partial charge in [0.25, 0.3) is 0 Å². The second-order valence-corrected chi connectivity index (χ2v) is 4.07. The lowest BCUT2D eigenvalue weighted by Gasteiger charge is -2.17. The third kappa shape index (κ3) is 2.80. The lowest BCUT2D eigenvalue weighted by Crippen LogP contribution is -2.12. The van der Waals surface area contributed by atoms with Crippen LogP contribution in [0.1, 0.15) is 12.0 Å². The number of hydrogen-bond acceptors (Lipinski definition) is 1. The largest absolute Gasteiger partial charge is 0.377 e. The van der Waals surface area contributed by atoms with E-state index in [-0.39, 0.29) is 11.7 Å². The van der Waals surface area contributed by atoms with Crippen molar-refractivity contribution in [2.45, 2.75) is 18.9 Å². The molecular formula is C14H14F2O. The van der Waals surface area contributed by atoms with Gasteiger partial charge in [-0.3, -0.25) is 0 Å². The summed E-state index contributed by atoms with van der Waals surface area (Å²) in [6.07, 6.45) is 6.67. The van der Waals surface area contributed by atoms with Crippen molar-refractivity contribution < 1.29 is 13.5 Å².